The fraction of sp³-hybridized carbons (Fsp3) is 0.444. The maximum Gasteiger partial charge on any atom is 0.394 e. The minimum atomic E-state index is -4.16. The van der Waals surface area contributed by atoms with Gasteiger partial charge in [0.15, 0.2) is 0 Å². The summed E-state index contributed by atoms with van der Waals surface area (Å²) in [4.78, 5) is 18.8. The van der Waals surface area contributed by atoms with Crippen LogP contribution in [0, 0.1) is 12.8 Å². The molecule has 0 saturated carbocycles. The molecule has 10 heteroatoms. The molecule has 2 aliphatic heterocycles. The molecular formula is C27H29ClF3N3O3. The van der Waals surface area contributed by atoms with E-state index in [-0.39, 0.29) is 30.7 Å². The maximum absolute atomic E-state index is 13.1. The summed E-state index contributed by atoms with van der Waals surface area (Å²) < 4.78 is 45.1. The van der Waals surface area contributed by atoms with E-state index >= 15 is 0 Å². The van der Waals surface area contributed by atoms with Gasteiger partial charge in [0.1, 0.15) is 5.75 Å². The number of halogens is 4. The fourth-order valence-electron chi connectivity index (χ4n) is 5.76. The first-order chi connectivity index (χ1) is 17.6. The average molecular weight is 536 g/mol. The number of carboxylic acid groups (broad SMARTS) is 1. The SMILES string of the molecule is COc1cc(C)c2[nH]cc(Cl)c2c1CN1CC[C@H](N2CC(C(F)(F)F)C2)C[C@@H]1c1ccc(C(=O)O)cc1. The Morgan fingerprint density at radius 1 is 1.24 bits per heavy atom. The van der Waals surface area contributed by atoms with Crippen molar-refractivity contribution in [2.75, 3.05) is 26.7 Å². The lowest BCUT2D eigenvalue weighted by molar-refractivity contribution is -0.216. The molecule has 0 unspecified atom stereocenters. The first-order valence-corrected chi connectivity index (χ1v) is 12.7. The zero-order valence-corrected chi connectivity index (χ0v) is 21.4. The zero-order valence-electron chi connectivity index (χ0n) is 20.6. The number of piperidine rings is 1. The van der Waals surface area contributed by atoms with Gasteiger partial charge in [-0.2, -0.15) is 13.2 Å². The molecular weight excluding hydrogens is 507 g/mol. The van der Waals surface area contributed by atoms with Gasteiger partial charge in [0.2, 0.25) is 0 Å². The van der Waals surface area contributed by atoms with Crippen molar-refractivity contribution in [2.45, 2.75) is 44.6 Å². The number of fused-ring (bicyclic) bond motifs is 1. The lowest BCUT2D eigenvalue weighted by atomic mass is 9.86. The summed E-state index contributed by atoms with van der Waals surface area (Å²) in [6.45, 7) is 3.25. The Morgan fingerprint density at radius 2 is 1.95 bits per heavy atom. The summed E-state index contributed by atoms with van der Waals surface area (Å²) in [5, 5.41) is 10.8. The number of aromatic carboxylic acids is 1. The number of benzene rings is 2. The van der Waals surface area contributed by atoms with E-state index in [4.69, 9.17) is 16.3 Å². The van der Waals surface area contributed by atoms with Gasteiger partial charge in [0.05, 0.1) is 29.1 Å². The molecule has 2 aromatic carbocycles. The molecule has 198 valence electrons. The van der Waals surface area contributed by atoms with Crippen LogP contribution in [0.3, 0.4) is 0 Å². The monoisotopic (exact) mass is 535 g/mol. The molecule has 2 N–H and O–H groups in total. The summed E-state index contributed by atoms with van der Waals surface area (Å²) in [6.07, 6.45) is -1.01. The second kappa shape index (κ2) is 9.85. The van der Waals surface area contributed by atoms with Gasteiger partial charge in [0, 0.05) is 55.4 Å². The van der Waals surface area contributed by atoms with Crippen molar-refractivity contribution < 1.29 is 27.8 Å². The largest absolute Gasteiger partial charge is 0.496 e. The van der Waals surface area contributed by atoms with Gasteiger partial charge in [-0.1, -0.05) is 23.7 Å². The van der Waals surface area contributed by atoms with Crippen LogP contribution in [0.1, 0.15) is 45.9 Å². The Kier molecular flexibility index (Phi) is 6.89. The molecule has 2 saturated heterocycles. The summed E-state index contributed by atoms with van der Waals surface area (Å²) in [7, 11) is 1.62. The topological polar surface area (TPSA) is 68.8 Å². The third kappa shape index (κ3) is 4.92. The molecule has 0 spiro atoms. The van der Waals surface area contributed by atoms with Crippen LogP contribution in [0.2, 0.25) is 5.02 Å². The number of hydrogen-bond donors (Lipinski definition) is 2. The number of ether oxygens (including phenoxy) is 1. The van der Waals surface area contributed by atoms with Gasteiger partial charge in [-0.15, -0.1) is 0 Å². The highest BCUT2D eigenvalue weighted by Gasteiger charge is 2.49. The molecule has 0 amide bonds. The summed E-state index contributed by atoms with van der Waals surface area (Å²) >= 11 is 6.58. The number of nitrogens with zero attached hydrogens (tertiary/aromatic N) is 2. The number of methoxy groups -OCH3 is 1. The molecule has 0 aliphatic carbocycles. The van der Waals surface area contributed by atoms with Crippen molar-refractivity contribution in [3.05, 3.63) is 63.8 Å². The van der Waals surface area contributed by atoms with Gasteiger partial charge in [-0.25, -0.2) is 4.79 Å². The van der Waals surface area contributed by atoms with E-state index in [0.29, 0.717) is 24.5 Å². The maximum atomic E-state index is 13.1. The number of likely N-dealkylation sites (tertiary alicyclic amines) is 2. The fourth-order valence-corrected chi connectivity index (χ4v) is 6.02. The number of aromatic nitrogens is 1. The van der Waals surface area contributed by atoms with Gasteiger partial charge in [-0.05, 0) is 49.1 Å². The zero-order chi connectivity index (χ0) is 26.5. The van der Waals surface area contributed by atoms with Crippen LogP contribution in [0.5, 0.6) is 5.75 Å². The molecule has 3 heterocycles. The number of carboxylic acids is 1. The lowest BCUT2D eigenvalue weighted by Crippen LogP contribution is -2.59. The number of aryl methyl sites for hydroxylation is 1. The minimum Gasteiger partial charge on any atom is -0.496 e. The average Bonchev–Trinajstić information content (AvgIpc) is 3.21. The van der Waals surface area contributed by atoms with E-state index < -0.39 is 18.1 Å². The Balaban J connectivity index is 1.46. The standard InChI is InChI=1S/C27H29ClF3N3O3/c1-15-9-23(37-2)20(24-21(28)11-32-25(15)24)14-33-8-7-19(34-12-18(13-34)27(29,30)31)10-22(33)16-3-5-17(6-4-16)26(35)36/h3-6,9,11,18-19,22,32H,7-8,10,12-14H2,1-2H3,(H,35,36)/t19-,22+/m0/s1. The van der Waals surface area contributed by atoms with Crippen LogP contribution in [-0.4, -0.2) is 64.8 Å². The first-order valence-electron chi connectivity index (χ1n) is 12.3. The summed E-state index contributed by atoms with van der Waals surface area (Å²) in [5.74, 6) is -1.54. The van der Waals surface area contributed by atoms with Crippen LogP contribution >= 0.6 is 11.6 Å². The predicted octanol–water partition coefficient (Wildman–Crippen LogP) is 6.04. The number of rotatable bonds is 6. The smallest absolute Gasteiger partial charge is 0.394 e. The van der Waals surface area contributed by atoms with E-state index in [1.165, 1.54) is 0 Å². The van der Waals surface area contributed by atoms with E-state index in [1.807, 2.05) is 30.0 Å². The molecule has 1 aromatic heterocycles. The minimum absolute atomic E-state index is 0.0229. The number of H-pyrrole nitrogens is 1. The summed E-state index contributed by atoms with van der Waals surface area (Å²) in [6, 6.07) is 8.67. The quantitative estimate of drug-likeness (QED) is 0.403. The van der Waals surface area contributed by atoms with Crippen LogP contribution in [0.25, 0.3) is 10.9 Å². The molecule has 0 radical (unpaired) electrons. The molecule has 2 aliphatic rings. The second-order valence-corrected chi connectivity index (χ2v) is 10.5. The number of carbonyl (C=O) groups is 1. The van der Waals surface area contributed by atoms with E-state index in [0.717, 1.165) is 39.8 Å². The number of aromatic amines is 1. The lowest BCUT2D eigenvalue weighted by Gasteiger charge is -2.50. The summed E-state index contributed by atoms with van der Waals surface area (Å²) in [5.41, 5.74) is 4.03. The van der Waals surface area contributed by atoms with Crippen LogP contribution in [-0.2, 0) is 6.54 Å². The van der Waals surface area contributed by atoms with Crippen LogP contribution in [0.4, 0.5) is 13.2 Å². The van der Waals surface area contributed by atoms with E-state index in [9.17, 15) is 23.1 Å². The molecule has 37 heavy (non-hydrogen) atoms. The Morgan fingerprint density at radius 3 is 2.57 bits per heavy atom. The molecule has 6 nitrogen and oxygen atoms in total. The second-order valence-electron chi connectivity index (χ2n) is 10.0. The highest BCUT2D eigenvalue weighted by atomic mass is 35.5. The van der Waals surface area contributed by atoms with E-state index in [1.54, 1.807) is 25.4 Å². The van der Waals surface area contributed by atoms with Crippen molar-refractivity contribution in [3.8, 4) is 5.75 Å². The Bertz CT molecular complexity index is 1300. The third-order valence-electron chi connectivity index (χ3n) is 7.87. The van der Waals surface area contributed by atoms with Crippen molar-refractivity contribution in [2.24, 2.45) is 5.92 Å². The normalized spacial score (nSPS) is 21.8. The molecule has 2 atom stereocenters. The van der Waals surface area contributed by atoms with Crippen LogP contribution < -0.4 is 4.74 Å². The van der Waals surface area contributed by atoms with E-state index in [2.05, 4.69) is 9.88 Å². The third-order valence-corrected chi connectivity index (χ3v) is 8.17. The van der Waals surface area contributed by atoms with Crippen molar-refractivity contribution in [1.82, 2.24) is 14.8 Å². The molecule has 0 bridgehead atoms. The van der Waals surface area contributed by atoms with Gasteiger partial charge in [0.25, 0.3) is 0 Å². The van der Waals surface area contributed by atoms with Crippen molar-refractivity contribution in [3.63, 3.8) is 0 Å². The highest BCUT2D eigenvalue weighted by Crippen LogP contribution is 2.42. The number of nitrogens with one attached hydrogen (secondary N) is 1. The first kappa shape index (κ1) is 25.9. The van der Waals surface area contributed by atoms with Crippen molar-refractivity contribution >= 4 is 28.5 Å². The van der Waals surface area contributed by atoms with Crippen molar-refractivity contribution in [1.29, 1.82) is 0 Å². The van der Waals surface area contributed by atoms with Gasteiger partial charge >= 0.3 is 12.1 Å². The van der Waals surface area contributed by atoms with Gasteiger partial charge in [-0.3, -0.25) is 9.80 Å². The molecule has 3 aromatic rings. The predicted molar refractivity (Wildman–Crippen MR) is 135 cm³/mol. The van der Waals surface area contributed by atoms with Gasteiger partial charge < -0.3 is 14.8 Å². The van der Waals surface area contributed by atoms with Crippen LogP contribution in [0.15, 0.2) is 36.5 Å². The highest BCUT2D eigenvalue weighted by molar-refractivity contribution is 6.36. The number of alkyl halides is 3. The Hall–Kier alpha value is -2.75. The number of hydrogen-bond acceptors (Lipinski definition) is 4. The Labute approximate surface area is 218 Å². The molecule has 2 fully saturated rings. The molecule has 5 rings (SSSR count).